The van der Waals surface area contributed by atoms with Crippen molar-refractivity contribution in [1.82, 2.24) is 19.7 Å². The van der Waals surface area contributed by atoms with Gasteiger partial charge in [0.2, 0.25) is 5.88 Å². The average molecular weight is 386 g/mol. The van der Waals surface area contributed by atoms with Crippen molar-refractivity contribution in [2.75, 3.05) is 20.3 Å². The molecule has 28 heavy (non-hydrogen) atoms. The van der Waals surface area contributed by atoms with Crippen LogP contribution in [0.3, 0.4) is 0 Å². The number of hydrogen-bond acceptors (Lipinski definition) is 6. The Kier molecular flexibility index (Phi) is 5.66. The second kappa shape index (κ2) is 8.19. The summed E-state index contributed by atoms with van der Waals surface area (Å²) in [6, 6.07) is 6.10. The molecule has 7 nitrogen and oxygen atoms in total. The molecule has 2 aromatic heterocycles. The number of nitrogens with zero attached hydrogens (tertiary/aromatic N) is 4. The van der Waals surface area contributed by atoms with Gasteiger partial charge < -0.3 is 14.6 Å². The number of aryl methyl sites for hydroxylation is 1. The lowest BCUT2D eigenvalue weighted by Crippen LogP contribution is -2.52. The molecule has 1 saturated heterocycles. The van der Waals surface area contributed by atoms with Gasteiger partial charge in [-0.2, -0.15) is 5.10 Å². The third kappa shape index (κ3) is 3.79. The maximum absolute atomic E-state index is 9.17. The molecule has 1 saturated carbocycles. The average Bonchev–Trinajstić information content (AvgIpc) is 3.24. The number of aliphatic hydroxyl groups is 1. The van der Waals surface area contributed by atoms with Gasteiger partial charge in [0.15, 0.2) is 0 Å². The molecule has 1 aliphatic heterocycles. The van der Waals surface area contributed by atoms with Crippen LogP contribution in [0, 0.1) is 6.92 Å². The molecule has 2 aliphatic rings. The Hall–Kier alpha value is -1.96. The predicted octanol–water partition coefficient (Wildman–Crippen LogP) is 2.17. The van der Waals surface area contributed by atoms with Crippen LogP contribution in [0.4, 0.5) is 0 Å². The van der Waals surface area contributed by atoms with Gasteiger partial charge in [-0.15, -0.1) is 0 Å². The van der Waals surface area contributed by atoms with Crippen molar-refractivity contribution in [2.45, 2.75) is 63.4 Å². The third-order valence-corrected chi connectivity index (χ3v) is 6.33. The molecule has 0 spiro atoms. The van der Waals surface area contributed by atoms with Gasteiger partial charge in [0.1, 0.15) is 6.10 Å². The first-order chi connectivity index (χ1) is 13.6. The fourth-order valence-corrected chi connectivity index (χ4v) is 4.79. The summed E-state index contributed by atoms with van der Waals surface area (Å²) in [7, 11) is 1.85. The van der Waals surface area contributed by atoms with E-state index in [0.717, 1.165) is 44.5 Å². The summed E-state index contributed by atoms with van der Waals surface area (Å²) < 4.78 is 14.1. The summed E-state index contributed by atoms with van der Waals surface area (Å²) in [5.74, 6) is 0.697. The van der Waals surface area contributed by atoms with E-state index in [1.807, 2.05) is 36.9 Å². The maximum atomic E-state index is 9.17. The molecule has 4 rings (SSSR count). The van der Waals surface area contributed by atoms with E-state index in [0.29, 0.717) is 18.5 Å². The minimum absolute atomic E-state index is 0.0844. The summed E-state index contributed by atoms with van der Waals surface area (Å²) in [6.45, 7) is 4.54. The Morgan fingerprint density at radius 3 is 2.96 bits per heavy atom. The first-order valence-corrected chi connectivity index (χ1v) is 10.1. The normalized spacial score (nSPS) is 27.7. The molecule has 1 aliphatic carbocycles. The van der Waals surface area contributed by atoms with E-state index in [4.69, 9.17) is 14.6 Å². The van der Waals surface area contributed by atoms with Gasteiger partial charge in [-0.1, -0.05) is 6.07 Å². The molecule has 1 N–H and O–H groups in total. The zero-order valence-electron chi connectivity index (χ0n) is 16.8. The number of likely N-dealkylation sites (tertiary alicyclic amines) is 1. The van der Waals surface area contributed by atoms with Crippen molar-refractivity contribution in [3.8, 4) is 5.88 Å². The molecule has 0 amide bonds. The molecule has 0 bridgehead atoms. The van der Waals surface area contributed by atoms with Gasteiger partial charge in [0.25, 0.3) is 0 Å². The quantitative estimate of drug-likeness (QED) is 0.786. The zero-order chi connectivity index (χ0) is 19.6. The molecule has 0 radical (unpaired) electrons. The van der Waals surface area contributed by atoms with E-state index in [1.165, 1.54) is 5.56 Å². The maximum Gasteiger partial charge on any atom is 0.213 e. The highest BCUT2D eigenvalue weighted by molar-refractivity contribution is 5.18. The Morgan fingerprint density at radius 2 is 2.21 bits per heavy atom. The van der Waals surface area contributed by atoms with Gasteiger partial charge >= 0.3 is 0 Å². The lowest BCUT2D eigenvalue weighted by atomic mass is 9.79. The Labute approximate surface area is 166 Å². The van der Waals surface area contributed by atoms with Crippen LogP contribution in [0.15, 0.2) is 30.6 Å². The molecule has 152 valence electrons. The number of fused-ring (bicyclic) bond motifs is 1. The van der Waals surface area contributed by atoms with E-state index in [2.05, 4.69) is 21.2 Å². The van der Waals surface area contributed by atoms with Crippen LogP contribution < -0.4 is 4.74 Å². The van der Waals surface area contributed by atoms with Crippen LogP contribution in [-0.2, 0) is 17.8 Å². The fourth-order valence-electron chi connectivity index (χ4n) is 4.79. The highest BCUT2D eigenvalue weighted by Gasteiger charge is 2.51. The minimum atomic E-state index is -0.0844. The van der Waals surface area contributed by atoms with Crippen molar-refractivity contribution >= 4 is 0 Å². The summed E-state index contributed by atoms with van der Waals surface area (Å²) in [6.07, 6.45) is 7.97. The standard InChI is InChI=1S/C21H30N4O3/c1-16-17(15-25(23-16)11-12-26)14-24-10-8-21(27-2)7-6-18(13-19(21)24)28-20-5-3-4-9-22-20/h3-5,9,15,18-19,26H,6-8,10-14H2,1-2H3/t18-,19-,21+/m0/s1. The second-order valence-electron chi connectivity index (χ2n) is 7.91. The Bertz CT molecular complexity index is 781. The van der Waals surface area contributed by atoms with Gasteiger partial charge in [0, 0.05) is 56.7 Å². The number of aliphatic hydroxyl groups excluding tert-OH is 1. The lowest BCUT2D eigenvalue weighted by molar-refractivity contribution is -0.0843. The molecule has 2 aromatic rings. The van der Waals surface area contributed by atoms with Crippen LogP contribution in [-0.4, -0.2) is 62.8 Å². The van der Waals surface area contributed by atoms with Crippen molar-refractivity contribution in [3.63, 3.8) is 0 Å². The summed E-state index contributed by atoms with van der Waals surface area (Å²) >= 11 is 0. The SMILES string of the molecule is CO[C@@]12CC[C@H](Oc3ccccn3)C[C@@H]1N(Cc1cn(CCO)nc1C)CC2. The number of aromatic nitrogens is 3. The predicted molar refractivity (Wildman–Crippen MR) is 105 cm³/mol. The van der Waals surface area contributed by atoms with Gasteiger partial charge in [0.05, 0.1) is 24.4 Å². The van der Waals surface area contributed by atoms with Gasteiger partial charge in [-0.05, 0) is 32.3 Å². The van der Waals surface area contributed by atoms with Crippen LogP contribution in [0.2, 0.25) is 0 Å². The largest absolute Gasteiger partial charge is 0.474 e. The van der Waals surface area contributed by atoms with Crippen molar-refractivity contribution in [3.05, 3.63) is 41.9 Å². The first-order valence-electron chi connectivity index (χ1n) is 10.1. The highest BCUT2D eigenvalue weighted by Crippen LogP contribution is 2.43. The van der Waals surface area contributed by atoms with Gasteiger partial charge in [-0.3, -0.25) is 9.58 Å². The van der Waals surface area contributed by atoms with E-state index in [9.17, 15) is 0 Å². The smallest absolute Gasteiger partial charge is 0.213 e. The molecular weight excluding hydrogens is 356 g/mol. The summed E-state index contributed by atoms with van der Waals surface area (Å²) in [5, 5.41) is 13.7. The van der Waals surface area contributed by atoms with Crippen molar-refractivity contribution in [1.29, 1.82) is 0 Å². The van der Waals surface area contributed by atoms with Crippen LogP contribution in [0.25, 0.3) is 0 Å². The zero-order valence-corrected chi connectivity index (χ0v) is 16.8. The number of rotatable bonds is 7. The van der Waals surface area contributed by atoms with Crippen LogP contribution in [0.5, 0.6) is 5.88 Å². The first kappa shape index (κ1) is 19.4. The molecular formula is C21H30N4O3. The lowest BCUT2D eigenvalue weighted by Gasteiger charge is -2.43. The summed E-state index contributed by atoms with van der Waals surface area (Å²) in [4.78, 5) is 6.83. The van der Waals surface area contributed by atoms with E-state index >= 15 is 0 Å². The van der Waals surface area contributed by atoms with Gasteiger partial charge in [-0.25, -0.2) is 4.98 Å². The third-order valence-electron chi connectivity index (χ3n) is 6.33. The topological polar surface area (TPSA) is 72.6 Å². The molecule has 2 fully saturated rings. The Balaban J connectivity index is 1.48. The minimum Gasteiger partial charge on any atom is -0.474 e. The number of pyridine rings is 1. The monoisotopic (exact) mass is 386 g/mol. The number of ether oxygens (including phenoxy) is 2. The van der Waals surface area contributed by atoms with E-state index in [1.54, 1.807) is 6.20 Å². The fraction of sp³-hybridized carbons (Fsp3) is 0.619. The second-order valence-corrected chi connectivity index (χ2v) is 7.91. The molecule has 0 aromatic carbocycles. The van der Waals surface area contributed by atoms with Crippen molar-refractivity contribution < 1.29 is 14.6 Å². The van der Waals surface area contributed by atoms with E-state index < -0.39 is 0 Å². The van der Waals surface area contributed by atoms with Crippen LogP contribution in [0.1, 0.15) is 36.9 Å². The van der Waals surface area contributed by atoms with E-state index in [-0.39, 0.29) is 18.3 Å². The summed E-state index contributed by atoms with van der Waals surface area (Å²) in [5.41, 5.74) is 2.16. The van der Waals surface area contributed by atoms with Crippen molar-refractivity contribution in [2.24, 2.45) is 0 Å². The molecule has 3 atom stereocenters. The molecule has 0 unspecified atom stereocenters. The number of hydrogen-bond donors (Lipinski definition) is 1. The number of methoxy groups -OCH3 is 1. The Morgan fingerprint density at radius 1 is 1.32 bits per heavy atom. The molecule has 7 heteroatoms. The highest BCUT2D eigenvalue weighted by atomic mass is 16.5. The molecule has 3 heterocycles. The van der Waals surface area contributed by atoms with Crippen LogP contribution >= 0.6 is 0 Å².